The summed E-state index contributed by atoms with van der Waals surface area (Å²) < 4.78 is 38.0. The molecule has 2 aromatic rings. The normalized spacial score (nSPS) is 21.5. The molecule has 1 N–H and O–H groups in total. The fraction of sp³-hybridized carbons (Fsp3) is 0.286. The molecule has 1 unspecified atom stereocenters. The monoisotopic (exact) mass is 328 g/mol. The van der Waals surface area contributed by atoms with Crippen molar-refractivity contribution in [2.75, 3.05) is 0 Å². The van der Waals surface area contributed by atoms with Gasteiger partial charge in [0, 0.05) is 17.5 Å². The Balaban J connectivity index is 1.72. The molecule has 1 aliphatic rings. The molecule has 4 nitrogen and oxygen atoms in total. The Bertz CT molecular complexity index is 683. The van der Waals surface area contributed by atoms with Gasteiger partial charge < -0.3 is 9.94 Å². The van der Waals surface area contributed by atoms with Gasteiger partial charge in [0.15, 0.2) is 0 Å². The van der Waals surface area contributed by atoms with E-state index in [-0.39, 0.29) is 5.71 Å². The Labute approximate surface area is 127 Å². The second-order valence-electron chi connectivity index (χ2n) is 4.93. The van der Waals surface area contributed by atoms with Gasteiger partial charge in [-0.1, -0.05) is 29.4 Å². The van der Waals surface area contributed by atoms with Crippen LogP contribution in [0, 0.1) is 0 Å². The minimum Gasteiger partial charge on any atom is -0.350 e. The van der Waals surface area contributed by atoms with E-state index in [1.54, 1.807) is 23.8 Å². The summed E-state index contributed by atoms with van der Waals surface area (Å²) in [6.45, 7) is 0. The van der Waals surface area contributed by atoms with E-state index in [1.165, 1.54) is 11.3 Å². The van der Waals surface area contributed by atoms with Gasteiger partial charge in [-0.05, 0) is 11.1 Å². The molecular weight excluding hydrogens is 317 g/mol. The SMILES string of the molecule is OC1(C(F)(F)F)CC(c2ccc(Cc3cncs3)cc2)=NO1. The van der Waals surface area contributed by atoms with E-state index in [0.717, 1.165) is 10.4 Å². The van der Waals surface area contributed by atoms with Crippen molar-refractivity contribution in [3.63, 3.8) is 0 Å². The van der Waals surface area contributed by atoms with Gasteiger partial charge in [0.1, 0.15) is 0 Å². The van der Waals surface area contributed by atoms with Gasteiger partial charge in [-0.2, -0.15) is 13.2 Å². The van der Waals surface area contributed by atoms with Gasteiger partial charge >= 0.3 is 12.0 Å². The third-order valence-electron chi connectivity index (χ3n) is 3.31. The first-order valence-electron chi connectivity index (χ1n) is 6.38. The Kier molecular flexibility index (Phi) is 3.65. The fourth-order valence-corrected chi connectivity index (χ4v) is 2.70. The predicted molar refractivity (Wildman–Crippen MR) is 74.6 cm³/mol. The number of aromatic nitrogens is 1. The number of halogens is 3. The molecule has 22 heavy (non-hydrogen) atoms. The highest BCUT2D eigenvalue weighted by atomic mass is 32.1. The van der Waals surface area contributed by atoms with E-state index in [0.29, 0.717) is 12.0 Å². The van der Waals surface area contributed by atoms with Crippen molar-refractivity contribution >= 4 is 17.0 Å². The summed E-state index contributed by atoms with van der Waals surface area (Å²) in [6.07, 6.45) is -3.12. The molecule has 3 rings (SSSR count). The number of oxime groups is 1. The van der Waals surface area contributed by atoms with Gasteiger partial charge in [0.25, 0.3) is 0 Å². The molecule has 0 spiro atoms. The zero-order chi connectivity index (χ0) is 15.8. The molecule has 0 bridgehead atoms. The minimum absolute atomic E-state index is 0.0733. The number of hydrogen-bond acceptors (Lipinski definition) is 5. The highest BCUT2D eigenvalue weighted by Gasteiger charge is 2.60. The summed E-state index contributed by atoms with van der Waals surface area (Å²) in [5.41, 5.74) is 3.32. The maximum absolute atomic E-state index is 12.7. The zero-order valence-electron chi connectivity index (χ0n) is 11.2. The standard InChI is InChI=1S/C14H11F3N2O2S/c15-14(16,17)13(20)6-12(19-21-13)10-3-1-9(2-4-10)5-11-7-18-8-22-11/h1-4,7-8,20H,5-6H2. The molecule has 0 saturated carbocycles. The first-order valence-corrected chi connectivity index (χ1v) is 7.26. The number of benzene rings is 1. The first-order chi connectivity index (χ1) is 10.4. The molecule has 0 saturated heterocycles. The summed E-state index contributed by atoms with van der Waals surface area (Å²) in [7, 11) is 0. The number of alkyl halides is 3. The van der Waals surface area contributed by atoms with Crippen molar-refractivity contribution in [2.24, 2.45) is 5.16 Å². The van der Waals surface area contributed by atoms with Crippen molar-refractivity contribution in [1.82, 2.24) is 4.98 Å². The van der Waals surface area contributed by atoms with Crippen LogP contribution in [-0.2, 0) is 11.3 Å². The smallest absolute Gasteiger partial charge is 0.350 e. The van der Waals surface area contributed by atoms with Crippen molar-refractivity contribution < 1.29 is 23.1 Å². The van der Waals surface area contributed by atoms with Crippen LogP contribution in [0.1, 0.15) is 22.4 Å². The quantitative estimate of drug-likeness (QED) is 0.942. The molecular formula is C14H11F3N2O2S. The summed E-state index contributed by atoms with van der Waals surface area (Å²) >= 11 is 1.54. The van der Waals surface area contributed by atoms with Crippen LogP contribution in [-0.4, -0.2) is 27.8 Å². The van der Waals surface area contributed by atoms with Gasteiger partial charge in [-0.3, -0.25) is 4.98 Å². The van der Waals surface area contributed by atoms with Gasteiger partial charge in [-0.15, -0.1) is 11.3 Å². The number of hydrogen-bond donors (Lipinski definition) is 1. The summed E-state index contributed by atoms with van der Waals surface area (Å²) in [4.78, 5) is 9.28. The largest absolute Gasteiger partial charge is 0.458 e. The molecule has 0 fully saturated rings. The van der Waals surface area contributed by atoms with E-state index in [2.05, 4.69) is 15.0 Å². The molecule has 0 radical (unpaired) electrons. The predicted octanol–water partition coefficient (Wildman–Crippen LogP) is 3.11. The average molecular weight is 328 g/mol. The minimum atomic E-state index is -4.88. The van der Waals surface area contributed by atoms with Crippen LogP contribution in [0.4, 0.5) is 13.2 Å². The van der Waals surface area contributed by atoms with Crippen LogP contribution in [0.15, 0.2) is 41.1 Å². The van der Waals surface area contributed by atoms with Crippen LogP contribution in [0.2, 0.25) is 0 Å². The molecule has 2 heterocycles. The number of rotatable bonds is 3. The summed E-state index contributed by atoms with van der Waals surface area (Å²) in [5, 5.41) is 12.8. The second-order valence-corrected chi connectivity index (χ2v) is 5.90. The lowest BCUT2D eigenvalue weighted by molar-refractivity contribution is -0.355. The number of thiazole rings is 1. The van der Waals surface area contributed by atoms with E-state index in [1.807, 2.05) is 12.1 Å². The van der Waals surface area contributed by atoms with Crippen molar-refractivity contribution in [3.8, 4) is 0 Å². The van der Waals surface area contributed by atoms with E-state index >= 15 is 0 Å². The van der Waals surface area contributed by atoms with Gasteiger partial charge in [-0.25, -0.2) is 0 Å². The zero-order valence-corrected chi connectivity index (χ0v) is 12.0. The van der Waals surface area contributed by atoms with E-state index in [9.17, 15) is 18.3 Å². The Morgan fingerprint density at radius 2 is 2.00 bits per heavy atom. The molecule has 8 heteroatoms. The third-order valence-corrected chi connectivity index (χ3v) is 4.09. The van der Waals surface area contributed by atoms with Gasteiger partial charge in [0.05, 0.1) is 17.6 Å². The maximum atomic E-state index is 12.7. The van der Waals surface area contributed by atoms with Crippen molar-refractivity contribution in [2.45, 2.75) is 24.8 Å². The maximum Gasteiger partial charge on any atom is 0.458 e. The highest BCUT2D eigenvalue weighted by Crippen LogP contribution is 2.38. The highest BCUT2D eigenvalue weighted by molar-refractivity contribution is 7.09. The summed E-state index contributed by atoms with van der Waals surface area (Å²) in [5.74, 6) is -3.23. The number of aliphatic hydroxyl groups is 1. The average Bonchev–Trinajstić information content (AvgIpc) is 3.09. The second kappa shape index (κ2) is 5.36. The Morgan fingerprint density at radius 1 is 1.27 bits per heavy atom. The van der Waals surface area contributed by atoms with Crippen molar-refractivity contribution in [1.29, 1.82) is 0 Å². The van der Waals surface area contributed by atoms with E-state index < -0.39 is 18.4 Å². The third kappa shape index (κ3) is 2.84. The molecule has 0 aliphatic carbocycles. The topological polar surface area (TPSA) is 54.7 Å². The van der Waals surface area contributed by atoms with Crippen LogP contribution >= 0.6 is 11.3 Å². The molecule has 1 aliphatic heterocycles. The molecule has 0 amide bonds. The Hall–Kier alpha value is -1.93. The van der Waals surface area contributed by atoms with Crippen LogP contribution in [0.25, 0.3) is 0 Å². The Morgan fingerprint density at radius 3 is 2.55 bits per heavy atom. The van der Waals surface area contributed by atoms with Crippen LogP contribution in [0.5, 0.6) is 0 Å². The molecule has 1 atom stereocenters. The van der Waals surface area contributed by atoms with Crippen LogP contribution < -0.4 is 0 Å². The van der Waals surface area contributed by atoms with Gasteiger partial charge in [0.2, 0.25) is 0 Å². The molecule has 1 aromatic carbocycles. The fourth-order valence-electron chi connectivity index (χ4n) is 2.07. The lowest BCUT2D eigenvalue weighted by Gasteiger charge is -2.22. The lowest BCUT2D eigenvalue weighted by Crippen LogP contribution is -2.45. The van der Waals surface area contributed by atoms with E-state index in [4.69, 9.17) is 0 Å². The first kappa shape index (κ1) is 15.0. The molecule has 116 valence electrons. The van der Waals surface area contributed by atoms with Crippen LogP contribution in [0.3, 0.4) is 0 Å². The molecule has 1 aromatic heterocycles. The summed E-state index contributed by atoms with van der Waals surface area (Å²) in [6, 6.07) is 6.95. The number of nitrogens with zero attached hydrogens (tertiary/aromatic N) is 2. The lowest BCUT2D eigenvalue weighted by atomic mass is 10.0. The van der Waals surface area contributed by atoms with Crippen molar-refractivity contribution in [3.05, 3.63) is 52.0 Å².